The molecule has 0 spiro atoms. The zero-order valence-electron chi connectivity index (χ0n) is 11.9. The maximum atomic E-state index is 12.2. The van der Waals surface area contributed by atoms with E-state index in [1.54, 1.807) is 28.9 Å². The third kappa shape index (κ3) is 4.04. The van der Waals surface area contributed by atoms with Gasteiger partial charge in [0, 0.05) is 17.6 Å². The van der Waals surface area contributed by atoms with Crippen LogP contribution in [0.4, 0.5) is 4.79 Å². The minimum atomic E-state index is -0.0928. The van der Waals surface area contributed by atoms with Crippen LogP contribution in [0.2, 0.25) is 0 Å². The summed E-state index contributed by atoms with van der Waals surface area (Å²) in [6.45, 7) is 2.03. The van der Waals surface area contributed by atoms with Crippen LogP contribution in [0, 0.1) is 5.92 Å². The van der Waals surface area contributed by atoms with E-state index in [0.29, 0.717) is 5.92 Å². The normalized spacial score (nSPS) is 17.2. The lowest BCUT2D eigenvalue weighted by Crippen LogP contribution is -2.43. The predicted octanol–water partition coefficient (Wildman–Crippen LogP) is 3.59. The Balaban J connectivity index is 1.52. The van der Waals surface area contributed by atoms with Gasteiger partial charge in [-0.3, -0.25) is 0 Å². The van der Waals surface area contributed by atoms with Crippen LogP contribution in [0.1, 0.15) is 36.4 Å². The Labute approximate surface area is 132 Å². The monoisotopic (exact) mass is 321 g/mol. The smallest absolute Gasteiger partial charge is 0.315 e. The highest BCUT2D eigenvalue weighted by Crippen LogP contribution is 2.41. The summed E-state index contributed by atoms with van der Waals surface area (Å²) in [5.74, 6) is 0.550. The van der Waals surface area contributed by atoms with E-state index in [4.69, 9.17) is 0 Å². The van der Waals surface area contributed by atoms with Gasteiger partial charge in [-0.15, -0.1) is 11.3 Å². The summed E-state index contributed by atoms with van der Waals surface area (Å²) in [5, 5.41) is 13.3. The Bertz CT molecular complexity index is 564. The maximum Gasteiger partial charge on any atom is 0.315 e. The summed E-state index contributed by atoms with van der Waals surface area (Å²) in [7, 11) is 0. The topological polar surface area (TPSA) is 54.0 Å². The molecule has 1 aliphatic carbocycles. The summed E-state index contributed by atoms with van der Waals surface area (Å²) in [6.07, 6.45) is 5.01. The maximum absolute atomic E-state index is 12.2. The molecule has 2 N–H and O–H groups in total. The molecule has 4 nitrogen and oxygen atoms in total. The van der Waals surface area contributed by atoms with Crippen molar-refractivity contribution in [2.45, 2.75) is 38.3 Å². The third-order valence-corrected chi connectivity index (χ3v) is 5.19. The van der Waals surface area contributed by atoms with Crippen molar-refractivity contribution < 1.29 is 4.79 Å². The lowest BCUT2D eigenvalue weighted by Gasteiger charge is -2.19. The fourth-order valence-corrected chi connectivity index (χ4v) is 3.88. The second-order valence-corrected chi connectivity index (χ2v) is 7.25. The summed E-state index contributed by atoms with van der Waals surface area (Å²) in [5.41, 5.74) is 1.27. The number of urea groups is 1. The first-order valence-corrected chi connectivity index (χ1v) is 9.02. The third-order valence-electron chi connectivity index (χ3n) is 3.60. The SMILES string of the molecule is C[C@@H](Cc1ccsc1)NC(=O)N[C@H](c1nccs1)C1CC1. The van der Waals surface area contributed by atoms with E-state index in [1.807, 2.05) is 12.3 Å². The minimum absolute atomic E-state index is 0.0679. The Morgan fingerprint density at radius 1 is 1.43 bits per heavy atom. The first-order chi connectivity index (χ1) is 10.2. The van der Waals surface area contributed by atoms with Gasteiger partial charge in [-0.05, 0) is 54.5 Å². The van der Waals surface area contributed by atoms with Gasteiger partial charge in [-0.1, -0.05) is 0 Å². The Kier molecular flexibility index (Phi) is 4.55. The molecular weight excluding hydrogens is 302 g/mol. The van der Waals surface area contributed by atoms with Crippen LogP contribution in [0.3, 0.4) is 0 Å². The van der Waals surface area contributed by atoms with Gasteiger partial charge in [0.2, 0.25) is 0 Å². The van der Waals surface area contributed by atoms with Gasteiger partial charge in [-0.25, -0.2) is 9.78 Å². The molecule has 0 saturated heterocycles. The van der Waals surface area contributed by atoms with Gasteiger partial charge in [0.05, 0.1) is 6.04 Å². The Hall–Kier alpha value is -1.40. The van der Waals surface area contributed by atoms with Gasteiger partial charge in [-0.2, -0.15) is 11.3 Å². The number of carbonyl (C=O) groups excluding carboxylic acids is 1. The van der Waals surface area contributed by atoms with E-state index in [9.17, 15) is 4.79 Å². The molecule has 0 aliphatic heterocycles. The number of nitrogens with one attached hydrogen (secondary N) is 2. The number of thiazole rings is 1. The van der Waals surface area contributed by atoms with Crippen molar-refractivity contribution in [3.05, 3.63) is 39.0 Å². The van der Waals surface area contributed by atoms with Crippen LogP contribution >= 0.6 is 22.7 Å². The quantitative estimate of drug-likeness (QED) is 0.854. The zero-order valence-corrected chi connectivity index (χ0v) is 13.5. The lowest BCUT2D eigenvalue weighted by molar-refractivity contribution is 0.232. The molecule has 2 atom stereocenters. The van der Waals surface area contributed by atoms with Crippen molar-refractivity contribution >= 4 is 28.7 Å². The first-order valence-electron chi connectivity index (χ1n) is 7.20. The van der Waals surface area contributed by atoms with Crippen LogP contribution < -0.4 is 10.6 Å². The van der Waals surface area contributed by atoms with Crippen molar-refractivity contribution in [1.82, 2.24) is 15.6 Å². The number of carbonyl (C=O) groups is 1. The summed E-state index contributed by atoms with van der Waals surface area (Å²) < 4.78 is 0. The highest BCUT2D eigenvalue weighted by Gasteiger charge is 2.35. The standard InChI is InChI=1S/C15H19N3OS2/c1-10(8-11-4-6-20-9-11)17-15(19)18-13(12-2-3-12)14-16-5-7-21-14/h4-7,9-10,12-13H,2-3,8H2,1H3,(H2,17,18,19)/t10-,13-/m0/s1. The summed E-state index contributed by atoms with van der Waals surface area (Å²) in [4.78, 5) is 16.5. The molecule has 21 heavy (non-hydrogen) atoms. The number of amides is 2. The fraction of sp³-hybridized carbons (Fsp3) is 0.467. The first kappa shape index (κ1) is 14.5. The average molecular weight is 321 g/mol. The molecule has 0 unspecified atom stereocenters. The van der Waals surface area contributed by atoms with E-state index in [0.717, 1.165) is 11.4 Å². The van der Waals surface area contributed by atoms with Gasteiger partial charge < -0.3 is 10.6 Å². The van der Waals surface area contributed by atoms with Crippen molar-refractivity contribution in [3.8, 4) is 0 Å². The number of hydrogen-bond donors (Lipinski definition) is 2. The van der Waals surface area contributed by atoms with Gasteiger partial charge >= 0.3 is 6.03 Å². The molecule has 1 saturated carbocycles. The number of nitrogens with zero attached hydrogens (tertiary/aromatic N) is 1. The summed E-state index contributed by atoms with van der Waals surface area (Å²) >= 11 is 3.30. The Morgan fingerprint density at radius 2 is 2.29 bits per heavy atom. The van der Waals surface area contributed by atoms with E-state index < -0.39 is 0 Å². The molecule has 2 heterocycles. The highest BCUT2D eigenvalue weighted by molar-refractivity contribution is 7.09. The van der Waals surface area contributed by atoms with E-state index in [-0.39, 0.29) is 18.1 Å². The van der Waals surface area contributed by atoms with Crippen molar-refractivity contribution in [3.63, 3.8) is 0 Å². The molecule has 2 amide bonds. The molecule has 1 aliphatic rings. The molecular formula is C15H19N3OS2. The molecule has 0 aromatic carbocycles. The van der Waals surface area contributed by atoms with Crippen LogP contribution in [0.5, 0.6) is 0 Å². The lowest BCUT2D eigenvalue weighted by atomic mass is 10.1. The number of thiophene rings is 1. The van der Waals surface area contributed by atoms with Crippen molar-refractivity contribution in [2.75, 3.05) is 0 Å². The molecule has 0 bridgehead atoms. The van der Waals surface area contributed by atoms with Crippen molar-refractivity contribution in [1.29, 1.82) is 0 Å². The second-order valence-electron chi connectivity index (χ2n) is 5.54. The fourth-order valence-electron chi connectivity index (χ4n) is 2.42. The van der Waals surface area contributed by atoms with Crippen LogP contribution in [0.15, 0.2) is 28.4 Å². The van der Waals surface area contributed by atoms with Crippen LogP contribution in [-0.2, 0) is 6.42 Å². The zero-order chi connectivity index (χ0) is 14.7. The molecule has 1 fully saturated rings. The molecule has 6 heteroatoms. The van der Waals surface area contributed by atoms with Crippen molar-refractivity contribution in [2.24, 2.45) is 5.92 Å². The largest absolute Gasteiger partial charge is 0.335 e. The summed E-state index contributed by atoms with van der Waals surface area (Å²) in [6, 6.07) is 2.20. The molecule has 3 rings (SSSR count). The number of aromatic nitrogens is 1. The van der Waals surface area contributed by atoms with E-state index >= 15 is 0 Å². The van der Waals surface area contributed by atoms with Gasteiger partial charge in [0.1, 0.15) is 5.01 Å². The average Bonchev–Trinajstić information content (AvgIpc) is 2.92. The number of rotatable bonds is 6. The molecule has 2 aromatic rings. The molecule has 0 radical (unpaired) electrons. The van der Waals surface area contributed by atoms with E-state index in [1.165, 1.54) is 18.4 Å². The van der Waals surface area contributed by atoms with Crippen LogP contribution in [0.25, 0.3) is 0 Å². The van der Waals surface area contributed by atoms with Gasteiger partial charge in [0.15, 0.2) is 0 Å². The molecule has 112 valence electrons. The minimum Gasteiger partial charge on any atom is -0.335 e. The second kappa shape index (κ2) is 6.58. The van der Waals surface area contributed by atoms with E-state index in [2.05, 4.69) is 32.4 Å². The van der Waals surface area contributed by atoms with Gasteiger partial charge in [0.25, 0.3) is 0 Å². The number of hydrogen-bond acceptors (Lipinski definition) is 4. The highest BCUT2D eigenvalue weighted by atomic mass is 32.1. The Morgan fingerprint density at radius 3 is 2.90 bits per heavy atom. The predicted molar refractivity (Wildman–Crippen MR) is 86.7 cm³/mol. The van der Waals surface area contributed by atoms with Crippen LogP contribution in [-0.4, -0.2) is 17.1 Å². The molecule has 2 aromatic heterocycles.